The van der Waals surface area contributed by atoms with Crippen molar-refractivity contribution in [2.24, 2.45) is 0 Å². The molecule has 0 aliphatic carbocycles. The summed E-state index contributed by atoms with van der Waals surface area (Å²) in [5, 5.41) is 12.1. The lowest BCUT2D eigenvalue weighted by molar-refractivity contribution is -0.137. The summed E-state index contributed by atoms with van der Waals surface area (Å²) in [6, 6.07) is -0.433. The summed E-state index contributed by atoms with van der Waals surface area (Å²) in [6.07, 6.45) is 5.05. The monoisotopic (exact) mass is 240 g/mol. The number of likely N-dealkylation sites (tertiary alicyclic amines) is 1. The topological polar surface area (TPSA) is 69.6 Å². The van der Waals surface area contributed by atoms with E-state index in [1.165, 1.54) is 0 Å². The molecule has 2 N–H and O–H groups in total. The summed E-state index contributed by atoms with van der Waals surface area (Å²) in [7, 11) is 0. The molecule has 96 valence electrons. The Hall–Kier alpha value is -1.10. The third kappa shape index (κ3) is 2.77. The maximum absolute atomic E-state index is 12.3. The molecule has 2 amide bonds. The van der Waals surface area contributed by atoms with Crippen LogP contribution in [0.1, 0.15) is 38.5 Å². The van der Waals surface area contributed by atoms with Crippen LogP contribution in [0.15, 0.2) is 0 Å². The van der Waals surface area contributed by atoms with Crippen LogP contribution in [-0.2, 0) is 9.59 Å². The molecule has 2 atom stereocenters. The Balaban J connectivity index is 2.02. The van der Waals surface area contributed by atoms with Gasteiger partial charge >= 0.3 is 0 Å². The standard InChI is InChI=1S/C12H20N2O3/c15-8-9-4-2-1-3-7-14(9)12(17)10-5-6-11(16)13-10/h9-10,15H,1-8H2,(H,13,16)/t9?,10-/m1/s1. The summed E-state index contributed by atoms with van der Waals surface area (Å²) < 4.78 is 0. The van der Waals surface area contributed by atoms with E-state index in [2.05, 4.69) is 5.32 Å². The van der Waals surface area contributed by atoms with Crippen molar-refractivity contribution >= 4 is 11.8 Å². The van der Waals surface area contributed by atoms with Crippen LogP contribution >= 0.6 is 0 Å². The van der Waals surface area contributed by atoms with Gasteiger partial charge in [0.05, 0.1) is 12.6 Å². The van der Waals surface area contributed by atoms with Gasteiger partial charge in [-0.1, -0.05) is 12.8 Å². The third-order valence-corrected chi connectivity index (χ3v) is 3.66. The van der Waals surface area contributed by atoms with Crippen LogP contribution in [0.2, 0.25) is 0 Å². The Morgan fingerprint density at radius 1 is 1.35 bits per heavy atom. The number of nitrogens with one attached hydrogen (secondary N) is 1. The molecule has 0 aromatic heterocycles. The van der Waals surface area contributed by atoms with Crippen LogP contribution in [0.5, 0.6) is 0 Å². The van der Waals surface area contributed by atoms with Gasteiger partial charge in [-0.05, 0) is 19.3 Å². The molecule has 0 aromatic rings. The molecule has 2 aliphatic rings. The van der Waals surface area contributed by atoms with Gasteiger partial charge in [0.1, 0.15) is 6.04 Å². The highest BCUT2D eigenvalue weighted by Gasteiger charge is 2.34. The van der Waals surface area contributed by atoms with Gasteiger partial charge in [0.15, 0.2) is 0 Å². The van der Waals surface area contributed by atoms with E-state index in [-0.39, 0.29) is 30.5 Å². The summed E-state index contributed by atoms with van der Waals surface area (Å²) in [5.41, 5.74) is 0. The second-order valence-electron chi connectivity index (χ2n) is 4.88. The predicted octanol–water partition coefficient (Wildman–Crippen LogP) is 0.0285. The first-order valence-corrected chi connectivity index (χ1v) is 6.43. The molecule has 0 bridgehead atoms. The molecule has 2 heterocycles. The van der Waals surface area contributed by atoms with Gasteiger partial charge < -0.3 is 15.3 Å². The van der Waals surface area contributed by atoms with E-state index in [9.17, 15) is 14.7 Å². The Kier molecular flexibility index (Phi) is 3.99. The molecule has 0 radical (unpaired) electrons. The van der Waals surface area contributed by atoms with Crippen molar-refractivity contribution in [3.8, 4) is 0 Å². The molecule has 0 saturated carbocycles. The Morgan fingerprint density at radius 2 is 2.18 bits per heavy atom. The molecule has 0 spiro atoms. The van der Waals surface area contributed by atoms with Gasteiger partial charge in [0.25, 0.3) is 0 Å². The summed E-state index contributed by atoms with van der Waals surface area (Å²) in [4.78, 5) is 25.2. The van der Waals surface area contributed by atoms with Crippen LogP contribution in [0.3, 0.4) is 0 Å². The number of nitrogens with zero attached hydrogens (tertiary/aromatic N) is 1. The van der Waals surface area contributed by atoms with Crippen molar-refractivity contribution in [1.29, 1.82) is 0 Å². The number of hydrogen-bond donors (Lipinski definition) is 2. The summed E-state index contributed by atoms with van der Waals surface area (Å²) in [6.45, 7) is 0.725. The second kappa shape index (κ2) is 5.49. The Morgan fingerprint density at radius 3 is 2.82 bits per heavy atom. The lowest BCUT2D eigenvalue weighted by Crippen LogP contribution is -2.50. The minimum Gasteiger partial charge on any atom is -0.394 e. The van der Waals surface area contributed by atoms with Gasteiger partial charge in [0, 0.05) is 13.0 Å². The molecule has 2 rings (SSSR count). The van der Waals surface area contributed by atoms with Gasteiger partial charge in [-0.25, -0.2) is 0 Å². The molecule has 0 aromatic carbocycles. The Labute approximate surface area is 101 Å². The average Bonchev–Trinajstić information content (AvgIpc) is 2.64. The first-order valence-electron chi connectivity index (χ1n) is 6.43. The Bertz CT molecular complexity index is 306. The maximum Gasteiger partial charge on any atom is 0.245 e. The molecular formula is C12H20N2O3. The van der Waals surface area contributed by atoms with Crippen molar-refractivity contribution < 1.29 is 14.7 Å². The normalized spacial score (nSPS) is 29.9. The molecule has 5 nitrogen and oxygen atoms in total. The maximum atomic E-state index is 12.3. The fourth-order valence-corrected chi connectivity index (χ4v) is 2.66. The van der Waals surface area contributed by atoms with Crippen molar-refractivity contribution in [3.63, 3.8) is 0 Å². The highest BCUT2D eigenvalue weighted by molar-refractivity contribution is 5.91. The van der Waals surface area contributed by atoms with Crippen molar-refractivity contribution in [3.05, 3.63) is 0 Å². The van der Waals surface area contributed by atoms with Gasteiger partial charge in [-0.3, -0.25) is 9.59 Å². The third-order valence-electron chi connectivity index (χ3n) is 3.66. The van der Waals surface area contributed by atoms with E-state index in [0.717, 1.165) is 25.7 Å². The zero-order chi connectivity index (χ0) is 12.3. The zero-order valence-corrected chi connectivity index (χ0v) is 10.0. The fraction of sp³-hybridized carbons (Fsp3) is 0.833. The van der Waals surface area contributed by atoms with Gasteiger partial charge in [-0.2, -0.15) is 0 Å². The number of aliphatic hydroxyl groups excluding tert-OH is 1. The van der Waals surface area contributed by atoms with Crippen molar-refractivity contribution in [2.75, 3.05) is 13.2 Å². The number of aliphatic hydroxyl groups is 1. The molecule has 2 saturated heterocycles. The minimum atomic E-state index is -0.366. The molecule has 2 aliphatic heterocycles. The van der Waals surface area contributed by atoms with Crippen LogP contribution < -0.4 is 5.32 Å². The zero-order valence-electron chi connectivity index (χ0n) is 10.0. The van der Waals surface area contributed by atoms with Gasteiger partial charge in [0.2, 0.25) is 11.8 Å². The van der Waals surface area contributed by atoms with E-state index in [1.54, 1.807) is 4.90 Å². The van der Waals surface area contributed by atoms with Crippen LogP contribution in [0, 0.1) is 0 Å². The molecule has 17 heavy (non-hydrogen) atoms. The number of amides is 2. The highest BCUT2D eigenvalue weighted by Crippen LogP contribution is 2.19. The molecular weight excluding hydrogens is 220 g/mol. The largest absolute Gasteiger partial charge is 0.394 e. The number of carbonyl (C=O) groups excluding carboxylic acids is 2. The first-order chi connectivity index (χ1) is 8.22. The number of carbonyl (C=O) groups is 2. The smallest absolute Gasteiger partial charge is 0.245 e. The first kappa shape index (κ1) is 12.4. The number of hydrogen-bond acceptors (Lipinski definition) is 3. The lowest BCUT2D eigenvalue weighted by Gasteiger charge is -2.30. The summed E-state index contributed by atoms with van der Waals surface area (Å²) >= 11 is 0. The van der Waals surface area contributed by atoms with Crippen molar-refractivity contribution in [1.82, 2.24) is 10.2 Å². The van der Waals surface area contributed by atoms with E-state index >= 15 is 0 Å². The molecule has 1 unspecified atom stereocenters. The minimum absolute atomic E-state index is 0.0169. The number of rotatable bonds is 2. The summed E-state index contributed by atoms with van der Waals surface area (Å²) in [5.74, 6) is -0.0597. The van der Waals surface area contributed by atoms with E-state index in [1.807, 2.05) is 0 Å². The quantitative estimate of drug-likeness (QED) is 0.715. The van der Waals surface area contributed by atoms with Gasteiger partial charge in [-0.15, -0.1) is 0 Å². The molecule has 2 fully saturated rings. The lowest BCUT2D eigenvalue weighted by atomic mass is 10.1. The van der Waals surface area contributed by atoms with E-state index in [4.69, 9.17) is 0 Å². The highest BCUT2D eigenvalue weighted by atomic mass is 16.3. The van der Waals surface area contributed by atoms with E-state index in [0.29, 0.717) is 19.4 Å². The predicted molar refractivity (Wildman–Crippen MR) is 62.2 cm³/mol. The van der Waals surface area contributed by atoms with Crippen LogP contribution in [-0.4, -0.2) is 47.1 Å². The fourth-order valence-electron chi connectivity index (χ4n) is 2.66. The van der Waals surface area contributed by atoms with Crippen molar-refractivity contribution in [2.45, 2.75) is 50.6 Å². The van der Waals surface area contributed by atoms with E-state index < -0.39 is 0 Å². The SMILES string of the molecule is O=C1CC[C@H](C(=O)N2CCCCCC2CO)N1. The second-order valence-corrected chi connectivity index (χ2v) is 4.88. The molecule has 5 heteroatoms. The van der Waals surface area contributed by atoms with Crippen LogP contribution in [0.25, 0.3) is 0 Å². The average molecular weight is 240 g/mol. The van der Waals surface area contributed by atoms with Crippen LogP contribution in [0.4, 0.5) is 0 Å².